The predicted octanol–water partition coefficient (Wildman–Crippen LogP) is 1.67. The van der Waals surface area contributed by atoms with E-state index in [1.54, 1.807) is 12.4 Å². The fourth-order valence-electron chi connectivity index (χ4n) is 0.729. The first-order valence-corrected chi connectivity index (χ1v) is 5.75. The van der Waals surface area contributed by atoms with Gasteiger partial charge in [0.2, 0.25) is 0 Å². The summed E-state index contributed by atoms with van der Waals surface area (Å²) in [6.07, 6.45) is 4.76. The van der Waals surface area contributed by atoms with Gasteiger partial charge in [-0.2, -0.15) is 0 Å². The molecule has 82 valence electrons. The molecule has 0 aliphatic heterocycles. The standard InChI is InChI=1S/C10H15N3OS/c1-8-5-12-9(6-11-8)7-13-15(14)10(2,3)4/h5-7H,1-4H3/b13-7+. The highest BCUT2D eigenvalue weighted by Crippen LogP contribution is 2.16. The molecule has 0 bridgehead atoms. The highest BCUT2D eigenvalue weighted by Gasteiger charge is 2.25. The zero-order chi connectivity index (χ0) is 11.5. The summed E-state index contributed by atoms with van der Waals surface area (Å²) in [6.45, 7) is 7.49. The van der Waals surface area contributed by atoms with Crippen LogP contribution in [0.1, 0.15) is 32.2 Å². The normalized spacial score (nSPS) is 14.5. The van der Waals surface area contributed by atoms with Crippen LogP contribution in [0.25, 0.3) is 0 Å². The molecule has 1 rings (SSSR count). The van der Waals surface area contributed by atoms with Crippen molar-refractivity contribution >= 4 is 17.6 Å². The second kappa shape index (κ2) is 4.72. The molecule has 5 heteroatoms. The van der Waals surface area contributed by atoms with Gasteiger partial charge in [0.15, 0.2) is 0 Å². The van der Waals surface area contributed by atoms with Gasteiger partial charge in [-0.1, -0.05) is 4.40 Å². The largest absolute Gasteiger partial charge is 0.591 e. The van der Waals surface area contributed by atoms with Crippen LogP contribution in [0.2, 0.25) is 0 Å². The Balaban J connectivity index is 2.70. The van der Waals surface area contributed by atoms with Gasteiger partial charge in [0.1, 0.15) is 28.0 Å². The van der Waals surface area contributed by atoms with Crippen LogP contribution in [-0.2, 0) is 11.4 Å². The summed E-state index contributed by atoms with van der Waals surface area (Å²) in [5.41, 5.74) is 1.47. The molecule has 0 spiro atoms. The minimum Gasteiger partial charge on any atom is -0.591 e. The summed E-state index contributed by atoms with van der Waals surface area (Å²) in [7, 11) is 0. The smallest absolute Gasteiger partial charge is 0.144 e. The lowest BCUT2D eigenvalue weighted by Gasteiger charge is -2.17. The van der Waals surface area contributed by atoms with Crippen molar-refractivity contribution in [1.82, 2.24) is 9.97 Å². The van der Waals surface area contributed by atoms with E-state index in [1.165, 1.54) is 6.21 Å². The van der Waals surface area contributed by atoms with Gasteiger partial charge in [-0.05, 0) is 27.7 Å². The van der Waals surface area contributed by atoms with Crippen LogP contribution in [-0.4, -0.2) is 25.5 Å². The van der Waals surface area contributed by atoms with E-state index in [0.717, 1.165) is 5.69 Å². The van der Waals surface area contributed by atoms with E-state index in [1.807, 2.05) is 27.7 Å². The number of hydrogen-bond acceptors (Lipinski definition) is 4. The molecule has 1 atom stereocenters. The van der Waals surface area contributed by atoms with E-state index in [2.05, 4.69) is 14.4 Å². The maximum absolute atomic E-state index is 11.6. The fourth-order valence-corrected chi connectivity index (χ4v) is 1.25. The molecule has 0 N–H and O–H groups in total. The first kappa shape index (κ1) is 12.1. The van der Waals surface area contributed by atoms with E-state index in [-0.39, 0.29) is 4.75 Å². The van der Waals surface area contributed by atoms with Crippen molar-refractivity contribution in [3.05, 3.63) is 23.8 Å². The zero-order valence-electron chi connectivity index (χ0n) is 9.39. The minimum absolute atomic E-state index is 0.339. The first-order chi connectivity index (χ1) is 6.89. The first-order valence-electron chi connectivity index (χ1n) is 4.64. The molecule has 15 heavy (non-hydrogen) atoms. The van der Waals surface area contributed by atoms with E-state index in [9.17, 15) is 4.55 Å². The third-order valence-electron chi connectivity index (χ3n) is 1.61. The number of rotatable bonds is 2. The van der Waals surface area contributed by atoms with Crippen molar-refractivity contribution in [2.75, 3.05) is 0 Å². The summed E-state index contributed by atoms with van der Waals surface area (Å²) in [4.78, 5) is 8.15. The Morgan fingerprint density at radius 2 is 2.00 bits per heavy atom. The third kappa shape index (κ3) is 3.97. The SMILES string of the molecule is Cc1cnc(/C=N/[S+]([O-])C(C)(C)C)cn1. The molecule has 1 heterocycles. The lowest BCUT2D eigenvalue weighted by atomic mass is 10.3. The van der Waals surface area contributed by atoms with Crippen molar-refractivity contribution in [2.24, 2.45) is 4.40 Å². The van der Waals surface area contributed by atoms with Crippen LogP contribution < -0.4 is 0 Å². The van der Waals surface area contributed by atoms with Gasteiger partial charge >= 0.3 is 0 Å². The Bertz CT molecular complexity index is 343. The Labute approximate surface area is 93.2 Å². The molecule has 0 aliphatic carbocycles. The molecule has 0 radical (unpaired) electrons. The molecule has 1 aromatic rings. The van der Waals surface area contributed by atoms with Gasteiger partial charge in [0, 0.05) is 6.20 Å². The van der Waals surface area contributed by atoms with Gasteiger partial charge < -0.3 is 4.55 Å². The molecule has 0 saturated heterocycles. The molecular weight excluding hydrogens is 210 g/mol. The number of nitrogens with zero attached hydrogens (tertiary/aromatic N) is 3. The molecule has 1 aromatic heterocycles. The number of aryl methyl sites for hydroxylation is 1. The molecule has 0 saturated carbocycles. The highest BCUT2D eigenvalue weighted by atomic mass is 32.2. The van der Waals surface area contributed by atoms with E-state index in [4.69, 9.17) is 0 Å². The van der Waals surface area contributed by atoms with Gasteiger partial charge in [-0.15, -0.1) is 0 Å². The van der Waals surface area contributed by atoms with Crippen LogP contribution in [0.3, 0.4) is 0 Å². The van der Waals surface area contributed by atoms with E-state index < -0.39 is 11.4 Å². The Morgan fingerprint density at radius 1 is 1.33 bits per heavy atom. The number of hydrogen-bond donors (Lipinski definition) is 0. The Kier molecular flexibility index (Phi) is 3.82. The fraction of sp³-hybridized carbons (Fsp3) is 0.500. The minimum atomic E-state index is -1.24. The summed E-state index contributed by atoms with van der Waals surface area (Å²) in [6, 6.07) is 0. The molecular formula is C10H15N3OS. The molecule has 0 aliphatic rings. The average molecular weight is 225 g/mol. The molecule has 0 amide bonds. The van der Waals surface area contributed by atoms with Crippen molar-refractivity contribution in [3.8, 4) is 0 Å². The van der Waals surface area contributed by atoms with Crippen LogP contribution >= 0.6 is 0 Å². The van der Waals surface area contributed by atoms with Crippen molar-refractivity contribution in [3.63, 3.8) is 0 Å². The van der Waals surface area contributed by atoms with Gasteiger partial charge in [-0.25, -0.2) is 0 Å². The monoisotopic (exact) mass is 225 g/mol. The summed E-state index contributed by atoms with van der Waals surface area (Å²) in [5.74, 6) is 0. The summed E-state index contributed by atoms with van der Waals surface area (Å²) in [5, 5.41) is 0. The highest BCUT2D eigenvalue weighted by molar-refractivity contribution is 7.91. The summed E-state index contributed by atoms with van der Waals surface area (Å²) < 4.78 is 15.2. The van der Waals surface area contributed by atoms with Gasteiger partial charge in [0.05, 0.1) is 11.9 Å². The van der Waals surface area contributed by atoms with E-state index in [0.29, 0.717) is 5.69 Å². The second-order valence-corrected chi connectivity index (χ2v) is 6.11. The third-order valence-corrected chi connectivity index (χ3v) is 2.95. The molecule has 4 nitrogen and oxygen atoms in total. The van der Waals surface area contributed by atoms with Crippen LogP contribution in [0.5, 0.6) is 0 Å². The van der Waals surface area contributed by atoms with Crippen molar-refractivity contribution in [1.29, 1.82) is 0 Å². The van der Waals surface area contributed by atoms with Crippen molar-refractivity contribution in [2.45, 2.75) is 32.4 Å². The number of aromatic nitrogens is 2. The van der Waals surface area contributed by atoms with Gasteiger partial charge in [-0.3, -0.25) is 9.97 Å². The van der Waals surface area contributed by atoms with Crippen molar-refractivity contribution < 1.29 is 4.55 Å². The predicted molar refractivity (Wildman–Crippen MR) is 62.3 cm³/mol. The Hall–Kier alpha value is -0.940. The average Bonchev–Trinajstić information content (AvgIpc) is 2.15. The topological polar surface area (TPSA) is 61.2 Å². The van der Waals surface area contributed by atoms with Crippen LogP contribution in [0.4, 0.5) is 0 Å². The Morgan fingerprint density at radius 3 is 2.47 bits per heavy atom. The van der Waals surface area contributed by atoms with Crippen LogP contribution in [0, 0.1) is 6.92 Å². The quantitative estimate of drug-likeness (QED) is 0.568. The molecule has 1 unspecified atom stereocenters. The maximum atomic E-state index is 11.6. The van der Waals surface area contributed by atoms with Crippen LogP contribution in [0.15, 0.2) is 16.8 Å². The molecule has 0 fully saturated rings. The molecule has 0 aromatic carbocycles. The zero-order valence-corrected chi connectivity index (χ0v) is 10.2. The summed E-state index contributed by atoms with van der Waals surface area (Å²) >= 11 is -1.24. The lowest BCUT2D eigenvalue weighted by molar-refractivity contribution is 0.562. The lowest BCUT2D eigenvalue weighted by Crippen LogP contribution is -2.25. The van der Waals surface area contributed by atoms with Gasteiger partial charge in [0.25, 0.3) is 0 Å². The maximum Gasteiger partial charge on any atom is 0.144 e. The second-order valence-electron chi connectivity index (χ2n) is 4.18. The van der Waals surface area contributed by atoms with E-state index >= 15 is 0 Å².